The van der Waals surface area contributed by atoms with Gasteiger partial charge >= 0.3 is 0 Å². The van der Waals surface area contributed by atoms with Gasteiger partial charge in [-0.25, -0.2) is 0 Å². The second-order valence-electron chi connectivity index (χ2n) is 14.5. The minimum Gasteiger partial charge on any atom is -0.508 e. The molecule has 1 aliphatic rings. The molecule has 50 heavy (non-hydrogen) atoms. The number of likely N-dealkylation sites (N-methyl/N-ethyl adjacent to an activating group) is 2. The summed E-state index contributed by atoms with van der Waals surface area (Å²) in [6.45, 7) is 14.5. The summed E-state index contributed by atoms with van der Waals surface area (Å²) in [6.07, 6.45) is 1.64. The lowest BCUT2D eigenvalue weighted by molar-refractivity contribution is -0.147. The number of carbonyl (C=O) groups is 4. The Labute approximate surface area is 300 Å². The maximum Gasteiger partial charge on any atom is 0.245 e. The van der Waals surface area contributed by atoms with Gasteiger partial charge in [0.05, 0.1) is 42.7 Å². The first-order chi connectivity index (χ1) is 23.6. The molecule has 1 aromatic carbocycles. The van der Waals surface area contributed by atoms with E-state index in [1.165, 1.54) is 0 Å². The van der Waals surface area contributed by atoms with E-state index < -0.39 is 36.3 Å². The van der Waals surface area contributed by atoms with Crippen molar-refractivity contribution in [2.75, 3.05) is 41.4 Å². The highest BCUT2D eigenvalue weighted by atomic mass is 16.5. The number of amides is 4. The Balaban J connectivity index is 2.20. The number of para-hydroxylation sites is 1. The minimum absolute atomic E-state index is 0.00597. The molecule has 0 aliphatic carbocycles. The number of benzene rings is 1. The number of phenols is 1. The molecule has 0 spiro atoms. The predicted molar refractivity (Wildman–Crippen MR) is 195 cm³/mol. The number of aromatic hydroxyl groups is 1. The van der Waals surface area contributed by atoms with E-state index in [1.54, 1.807) is 45.3 Å². The first-order valence-corrected chi connectivity index (χ1v) is 18.3. The van der Waals surface area contributed by atoms with E-state index in [-0.39, 0.29) is 59.6 Å². The number of likely N-dealkylation sites (tertiary alicyclic amines) is 1. The van der Waals surface area contributed by atoms with Crippen molar-refractivity contribution in [2.24, 2.45) is 23.7 Å². The molecule has 284 valence electrons. The largest absolute Gasteiger partial charge is 0.508 e. The molecule has 1 fully saturated rings. The van der Waals surface area contributed by atoms with Crippen molar-refractivity contribution in [2.45, 2.75) is 117 Å². The average Bonchev–Trinajstić information content (AvgIpc) is 3.57. The summed E-state index contributed by atoms with van der Waals surface area (Å²) < 4.78 is 11.9. The van der Waals surface area contributed by atoms with Crippen LogP contribution in [0.3, 0.4) is 0 Å². The minimum atomic E-state index is -0.752. The Morgan fingerprint density at radius 1 is 0.980 bits per heavy atom. The molecule has 0 aromatic heterocycles. The number of rotatable bonds is 20. The summed E-state index contributed by atoms with van der Waals surface area (Å²) in [6, 6.07) is 5.13. The number of nitrogens with zero attached hydrogens (tertiary/aromatic N) is 2. The number of phenolic OH excluding ortho intramolecular Hbond substituents is 1. The van der Waals surface area contributed by atoms with Gasteiger partial charge in [0.1, 0.15) is 11.8 Å². The zero-order chi connectivity index (χ0) is 37.7. The lowest BCUT2D eigenvalue weighted by Crippen LogP contribution is -2.59. The molecule has 3 unspecified atom stereocenters. The van der Waals surface area contributed by atoms with Crippen LogP contribution in [0.4, 0.5) is 0 Å². The molecule has 1 heterocycles. The monoisotopic (exact) mass is 703 g/mol. The second-order valence-corrected chi connectivity index (χ2v) is 14.5. The van der Waals surface area contributed by atoms with Gasteiger partial charge in [0.2, 0.25) is 23.6 Å². The molecule has 1 aliphatic heterocycles. The van der Waals surface area contributed by atoms with Gasteiger partial charge in [-0.1, -0.05) is 73.1 Å². The highest BCUT2D eigenvalue weighted by molar-refractivity contribution is 5.90. The van der Waals surface area contributed by atoms with E-state index in [0.29, 0.717) is 25.9 Å². The van der Waals surface area contributed by atoms with Crippen molar-refractivity contribution in [3.05, 3.63) is 29.8 Å². The van der Waals surface area contributed by atoms with E-state index in [1.807, 2.05) is 65.5 Å². The van der Waals surface area contributed by atoms with E-state index in [2.05, 4.69) is 16.0 Å². The highest BCUT2D eigenvalue weighted by Gasteiger charge is 2.43. The van der Waals surface area contributed by atoms with Crippen LogP contribution in [-0.2, 0) is 35.1 Å². The summed E-state index contributed by atoms with van der Waals surface area (Å²) in [7, 11) is 6.60. The van der Waals surface area contributed by atoms with Gasteiger partial charge in [0.25, 0.3) is 0 Å². The molecule has 1 aromatic rings. The maximum absolute atomic E-state index is 14.1. The van der Waals surface area contributed by atoms with Crippen LogP contribution in [-0.4, -0.2) is 116 Å². The molecule has 12 heteroatoms. The number of hydrogen-bond acceptors (Lipinski definition) is 8. The van der Waals surface area contributed by atoms with Gasteiger partial charge in [-0.2, -0.15) is 0 Å². The van der Waals surface area contributed by atoms with E-state index in [9.17, 15) is 24.3 Å². The third-order valence-corrected chi connectivity index (χ3v) is 10.4. The zero-order valence-electron chi connectivity index (χ0n) is 32.3. The summed E-state index contributed by atoms with van der Waals surface area (Å²) in [4.78, 5) is 58.0. The molecule has 0 saturated carbocycles. The first kappa shape index (κ1) is 42.9. The first-order valence-electron chi connectivity index (χ1n) is 18.3. The highest BCUT2D eigenvalue weighted by Crippen LogP contribution is 2.29. The van der Waals surface area contributed by atoms with Gasteiger partial charge < -0.3 is 40.3 Å². The van der Waals surface area contributed by atoms with Gasteiger partial charge in [0, 0.05) is 34.4 Å². The third kappa shape index (κ3) is 11.1. The average molecular weight is 704 g/mol. The molecule has 0 bridgehead atoms. The van der Waals surface area contributed by atoms with Crippen molar-refractivity contribution >= 4 is 23.6 Å². The van der Waals surface area contributed by atoms with Crippen molar-refractivity contribution < 1.29 is 33.8 Å². The molecular formula is C38H65N5O7. The lowest BCUT2D eigenvalue weighted by Gasteiger charge is -2.41. The zero-order valence-corrected chi connectivity index (χ0v) is 32.3. The van der Waals surface area contributed by atoms with Crippen LogP contribution in [0.2, 0.25) is 0 Å². The molecule has 8 atom stereocenters. The summed E-state index contributed by atoms with van der Waals surface area (Å²) >= 11 is 0. The van der Waals surface area contributed by atoms with Gasteiger partial charge in [-0.3, -0.25) is 19.2 Å². The SMILES string of the molecule is CCC(C)C([C@@H](CC(=O)N1CCC[C@H]1[C@H](OC)[C@@H](C)C(=O)NCCc1ccccc1O)OC)N(C)C(=O)[C@@H](NC(=O)C(NC)C(C)C)C(C)C. The van der Waals surface area contributed by atoms with Gasteiger partial charge in [-0.15, -0.1) is 0 Å². The fourth-order valence-corrected chi connectivity index (χ4v) is 7.25. The standard InChI is InChI=1S/C38H65N5O7/c1-12-25(6)34(42(9)38(48)33(24(4)5)41-37(47)32(39-8)23(2)3)30(49-10)22-31(45)43-21-15-17-28(43)35(50-11)26(7)36(46)40-20-19-27-16-13-14-18-29(27)44/h13-14,16,18,23-26,28,30,32-35,39,44H,12,15,17,19-22H2,1-11H3,(H,40,46)(H,41,47)/t25?,26-,28+,30-,32?,33+,34?,35-/m1/s1. The normalized spacial score (nSPS) is 19.0. The van der Waals surface area contributed by atoms with Crippen molar-refractivity contribution in [1.82, 2.24) is 25.8 Å². The fraction of sp³-hybridized carbons (Fsp3) is 0.737. The quantitative estimate of drug-likeness (QED) is 0.162. The molecule has 4 N–H and O–H groups in total. The van der Waals surface area contributed by atoms with Crippen LogP contribution in [0.1, 0.15) is 79.7 Å². The van der Waals surface area contributed by atoms with E-state index in [4.69, 9.17) is 9.47 Å². The lowest BCUT2D eigenvalue weighted by atomic mass is 9.89. The molecule has 12 nitrogen and oxygen atoms in total. The van der Waals surface area contributed by atoms with Crippen LogP contribution < -0.4 is 16.0 Å². The van der Waals surface area contributed by atoms with Gasteiger partial charge in [0.15, 0.2) is 0 Å². The Bertz CT molecular complexity index is 1240. The Morgan fingerprint density at radius 2 is 1.62 bits per heavy atom. The fourth-order valence-electron chi connectivity index (χ4n) is 7.25. The predicted octanol–water partition coefficient (Wildman–Crippen LogP) is 3.36. The van der Waals surface area contributed by atoms with Crippen LogP contribution >= 0.6 is 0 Å². The molecule has 2 rings (SSSR count). The third-order valence-electron chi connectivity index (χ3n) is 10.4. The van der Waals surface area contributed by atoms with Crippen LogP contribution in [0.25, 0.3) is 0 Å². The number of carbonyl (C=O) groups excluding carboxylic acids is 4. The molecule has 4 amide bonds. The summed E-state index contributed by atoms with van der Waals surface area (Å²) in [5.41, 5.74) is 0.755. The van der Waals surface area contributed by atoms with Crippen molar-refractivity contribution in [3.8, 4) is 5.75 Å². The number of methoxy groups -OCH3 is 2. The Morgan fingerprint density at radius 3 is 2.16 bits per heavy atom. The Kier molecular flexibility index (Phi) is 17.7. The number of nitrogens with one attached hydrogen (secondary N) is 3. The second kappa shape index (κ2) is 20.6. The van der Waals surface area contributed by atoms with Crippen LogP contribution in [0, 0.1) is 23.7 Å². The maximum atomic E-state index is 14.1. The van der Waals surface area contributed by atoms with Crippen molar-refractivity contribution in [3.63, 3.8) is 0 Å². The summed E-state index contributed by atoms with van der Waals surface area (Å²) in [5.74, 6) is -1.23. The van der Waals surface area contributed by atoms with Crippen LogP contribution in [0.5, 0.6) is 5.75 Å². The van der Waals surface area contributed by atoms with E-state index >= 15 is 0 Å². The Hall–Kier alpha value is -3.22. The van der Waals surface area contributed by atoms with Crippen molar-refractivity contribution in [1.29, 1.82) is 0 Å². The molecular weight excluding hydrogens is 638 g/mol. The van der Waals surface area contributed by atoms with Gasteiger partial charge in [-0.05, 0) is 55.7 Å². The topological polar surface area (TPSA) is 150 Å². The van der Waals surface area contributed by atoms with Crippen LogP contribution in [0.15, 0.2) is 24.3 Å². The number of ether oxygens (including phenoxy) is 2. The van der Waals surface area contributed by atoms with E-state index in [0.717, 1.165) is 18.4 Å². The molecule has 0 radical (unpaired) electrons. The summed E-state index contributed by atoms with van der Waals surface area (Å²) in [5, 5.41) is 19.1. The molecule has 1 saturated heterocycles. The number of hydrogen-bond donors (Lipinski definition) is 4. The smallest absolute Gasteiger partial charge is 0.245 e.